The smallest absolute Gasteiger partial charge is 0.322 e. The molecule has 1 rings (SSSR count). The summed E-state index contributed by atoms with van der Waals surface area (Å²) in [4.78, 5) is 22.0. The molecule has 1 aromatic rings. The highest BCUT2D eigenvalue weighted by molar-refractivity contribution is 5.75. The number of carbonyl (C=O) groups excluding carboxylic acids is 1. The van der Waals surface area contributed by atoms with Crippen molar-refractivity contribution in [3.63, 3.8) is 0 Å². The molecular weight excluding hydrogens is 260 g/mol. The van der Waals surface area contributed by atoms with Crippen LogP contribution in [0.4, 0.5) is 5.69 Å². The second kappa shape index (κ2) is 7.59. The summed E-state index contributed by atoms with van der Waals surface area (Å²) < 4.78 is 4.94. The van der Waals surface area contributed by atoms with Gasteiger partial charge in [-0.2, -0.15) is 0 Å². The predicted molar refractivity (Wildman–Crippen MR) is 75.4 cm³/mol. The molecule has 0 aliphatic carbocycles. The van der Waals surface area contributed by atoms with E-state index < -0.39 is 11.0 Å². The summed E-state index contributed by atoms with van der Waals surface area (Å²) in [6.45, 7) is 5.76. The summed E-state index contributed by atoms with van der Waals surface area (Å²) in [5.41, 5.74) is 0.837. The SMILES string of the molecule is CCOC(=O)C(C)NC(CC)c1cccc([N+](=O)[O-])c1. The van der Waals surface area contributed by atoms with Gasteiger partial charge in [-0.3, -0.25) is 20.2 Å². The monoisotopic (exact) mass is 280 g/mol. The number of hydrogen-bond acceptors (Lipinski definition) is 5. The zero-order valence-corrected chi connectivity index (χ0v) is 12.0. The van der Waals surface area contributed by atoms with Gasteiger partial charge in [-0.05, 0) is 25.8 Å². The third kappa shape index (κ3) is 4.31. The average Bonchev–Trinajstić information content (AvgIpc) is 2.44. The van der Waals surface area contributed by atoms with Crippen LogP contribution in [0.1, 0.15) is 38.8 Å². The lowest BCUT2D eigenvalue weighted by Gasteiger charge is -2.21. The van der Waals surface area contributed by atoms with Gasteiger partial charge in [-0.25, -0.2) is 0 Å². The van der Waals surface area contributed by atoms with E-state index >= 15 is 0 Å². The van der Waals surface area contributed by atoms with E-state index in [-0.39, 0.29) is 17.7 Å². The van der Waals surface area contributed by atoms with E-state index in [0.29, 0.717) is 13.0 Å². The fourth-order valence-corrected chi connectivity index (χ4v) is 1.94. The van der Waals surface area contributed by atoms with E-state index in [9.17, 15) is 14.9 Å². The highest BCUT2D eigenvalue weighted by Crippen LogP contribution is 2.22. The van der Waals surface area contributed by atoms with Crippen LogP contribution < -0.4 is 5.32 Å². The van der Waals surface area contributed by atoms with Crippen molar-refractivity contribution in [2.45, 2.75) is 39.3 Å². The largest absolute Gasteiger partial charge is 0.465 e. The van der Waals surface area contributed by atoms with Gasteiger partial charge in [-0.1, -0.05) is 19.1 Å². The van der Waals surface area contributed by atoms with Crippen LogP contribution >= 0.6 is 0 Å². The molecule has 6 nitrogen and oxygen atoms in total. The van der Waals surface area contributed by atoms with Crippen LogP contribution in [0.5, 0.6) is 0 Å². The van der Waals surface area contributed by atoms with Gasteiger partial charge in [0.15, 0.2) is 0 Å². The minimum atomic E-state index is -0.459. The zero-order valence-electron chi connectivity index (χ0n) is 12.0. The number of nitrogens with one attached hydrogen (secondary N) is 1. The summed E-state index contributed by atoms with van der Waals surface area (Å²) in [5, 5.41) is 13.9. The Balaban J connectivity index is 2.83. The van der Waals surface area contributed by atoms with Crippen molar-refractivity contribution in [1.29, 1.82) is 0 Å². The van der Waals surface area contributed by atoms with E-state index in [2.05, 4.69) is 5.32 Å². The molecule has 0 aliphatic rings. The summed E-state index contributed by atoms with van der Waals surface area (Å²) in [7, 11) is 0. The van der Waals surface area contributed by atoms with Gasteiger partial charge < -0.3 is 4.74 Å². The fourth-order valence-electron chi connectivity index (χ4n) is 1.94. The molecule has 110 valence electrons. The quantitative estimate of drug-likeness (QED) is 0.471. The maximum absolute atomic E-state index is 11.6. The van der Waals surface area contributed by atoms with Crippen molar-refractivity contribution in [2.75, 3.05) is 6.61 Å². The van der Waals surface area contributed by atoms with Crippen LogP contribution in [0, 0.1) is 10.1 Å². The molecule has 0 radical (unpaired) electrons. The van der Waals surface area contributed by atoms with Crippen LogP contribution in [-0.4, -0.2) is 23.5 Å². The molecule has 0 heterocycles. The standard InChI is InChI=1S/C14H20N2O4/c1-4-13(15-10(3)14(17)20-5-2)11-7-6-8-12(9-11)16(18)19/h6-10,13,15H,4-5H2,1-3H3. The Morgan fingerprint density at radius 3 is 2.70 bits per heavy atom. The molecule has 0 aromatic heterocycles. The number of carbonyl (C=O) groups is 1. The Bertz CT molecular complexity index is 476. The number of hydrogen-bond donors (Lipinski definition) is 1. The Kier molecular flexibility index (Phi) is 6.11. The lowest BCUT2D eigenvalue weighted by molar-refractivity contribution is -0.384. The van der Waals surface area contributed by atoms with E-state index in [1.54, 1.807) is 19.9 Å². The van der Waals surface area contributed by atoms with Gasteiger partial charge in [-0.15, -0.1) is 0 Å². The molecule has 0 saturated heterocycles. The Morgan fingerprint density at radius 1 is 1.45 bits per heavy atom. The summed E-state index contributed by atoms with van der Waals surface area (Å²) in [6.07, 6.45) is 0.713. The Labute approximate surface area is 118 Å². The molecule has 0 amide bonds. The van der Waals surface area contributed by atoms with Crippen LogP contribution in [-0.2, 0) is 9.53 Å². The predicted octanol–water partition coefficient (Wildman–Crippen LogP) is 2.59. The first kappa shape index (κ1) is 16.1. The van der Waals surface area contributed by atoms with Gasteiger partial charge >= 0.3 is 5.97 Å². The summed E-state index contributed by atoms with van der Waals surface area (Å²) in [5.74, 6) is -0.323. The van der Waals surface area contributed by atoms with Crippen molar-refractivity contribution >= 4 is 11.7 Å². The van der Waals surface area contributed by atoms with Crippen LogP contribution in [0.15, 0.2) is 24.3 Å². The fraction of sp³-hybridized carbons (Fsp3) is 0.500. The number of benzene rings is 1. The maximum atomic E-state index is 11.6. The van der Waals surface area contributed by atoms with E-state index in [4.69, 9.17) is 4.74 Å². The number of nitro benzene ring substituents is 1. The summed E-state index contributed by atoms with van der Waals surface area (Å²) >= 11 is 0. The molecule has 0 fully saturated rings. The number of ether oxygens (including phenoxy) is 1. The Hall–Kier alpha value is -1.95. The van der Waals surface area contributed by atoms with Crippen LogP contribution in [0.3, 0.4) is 0 Å². The molecule has 0 spiro atoms. The van der Waals surface area contributed by atoms with Gasteiger partial charge in [0, 0.05) is 18.2 Å². The number of rotatable bonds is 7. The molecule has 2 unspecified atom stereocenters. The van der Waals surface area contributed by atoms with Crippen molar-refractivity contribution in [1.82, 2.24) is 5.32 Å². The minimum Gasteiger partial charge on any atom is -0.465 e. The molecule has 1 N–H and O–H groups in total. The molecule has 0 saturated carbocycles. The molecule has 6 heteroatoms. The van der Waals surface area contributed by atoms with Crippen molar-refractivity contribution in [3.05, 3.63) is 39.9 Å². The first-order valence-electron chi connectivity index (χ1n) is 6.66. The van der Waals surface area contributed by atoms with Crippen LogP contribution in [0.25, 0.3) is 0 Å². The van der Waals surface area contributed by atoms with Crippen molar-refractivity contribution < 1.29 is 14.5 Å². The number of esters is 1. The highest BCUT2D eigenvalue weighted by Gasteiger charge is 2.20. The van der Waals surface area contributed by atoms with E-state index in [0.717, 1.165) is 5.56 Å². The van der Waals surface area contributed by atoms with Gasteiger partial charge in [0.05, 0.1) is 11.5 Å². The maximum Gasteiger partial charge on any atom is 0.322 e. The first-order chi connectivity index (χ1) is 9.49. The van der Waals surface area contributed by atoms with Gasteiger partial charge in [0.2, 0.25) is 0 Å². The molecule has 2 atom stereocenters. The lowest BCUT2D eigenvalue weighted by atomic mass is 10.0. The topological polar surface area (TPSA) is 81.5 Å². The molecule has 1 aromatic carbocycles. The van der Waals surface area contributed by atoms with Crippen molar-refractivity contribution in [2.24, 2.45) is 0 Å². The van der Waals surface area contributed by atoms with E-state index in [1.807, 2.05) is 13.0 Å². The van der Waals surface area contributed by atoms with Crippen LogP contribution in [0.2, 0.25) is 0 Å². The second-order valence-corrected chi connectivity index (χ2v) is 4.45. The molecule has 20 heavy (non-hydrogen) atoms. The average molecular weight is 280 g/mol. The molecular formula is C14H20N2O4. The molecule has 0 bridgehead atoms. The summed E-state index contributed by atoms with van der Waals surface area (Å²) in [6, 6.07) is 5.84. The number of nitro groups is 1. The zero-order chi connectivity index (χ0) is 15.1. The van der Waals surface area contributed by atoms with Crippen molar-refractivity contribution in [3.8, 4) is 0 Å². The first-order valence-corrected chi connectivity index (χ1v) is 6.66. The van der Waals surface area contributed by atoms with Gasteiger partial charge in [0.25, 0.3) is 5.69 Å². The normalized spacial score (nSPS) is 13.6. The third-order valence-corrected chi connectivity index (χ3v) is 2.98. The lowest BCUT2D eigenvalue weighted by Crippen LogP contribution is -2.37. The Morgan fingerprint density at radius 2 is 2.15 bits per heavy atom. The minimum absolute atomic E-state index is 0.0477. The number of non-ortho nitro benzene ring substituents is 1. The second-order valence-electron chi connectivity index (χ2n) is 4.45. The van der Waals surface area contributed by atoms with E-state index in [1.165, 1.54) is 12.1 Å². The van der Waals surface area contributed by atoms with Gasteiger partial charge in [0.1, 0.15) is 6.04 Å². The molecule has 0 aliphatic heterocycles. The third-order valence-electron chi connectivity index (χ3n) is 2.98. The highest BCUT2D eigenvalue weighted by atomic mass is 16.6. The number of nitrogens with zero attached hydrogens (tertiary/aromatic N) is 1.